The Balaban J connectivity index is 1.72. The predicted octanol–water partition coefficient (Wildman–Crippen LogP) is 4.92. The molecule has 19 heavy (non-hydrogen) atoms. The van der Waals surface area contributed by atoms with Gasteiger partial charge in [0.15, 0.2) is 0 Å². The van der Waals surface area contributed by atoms with Crippen LogP contribution in [0, 0.1) is 24.7 Å². The third-order valence-corrected chi connectivity index (χ3v) is 6.46. The Hall–Kier alpha value is -0.340. The maximum Gasteiger partial charge on any atom is 0.0357 e. The Bertz CT molecular complexity index is 411. The summed E-state index contributed by atoms with van der Waals surface area (Å²) in [7, 11) is 2.15. The van der Waals surface area contributed by atoms with E-state index in [1.807, 2.05) is 11.3 Å². The highest BCUT2D eigenvalue weighted by molar-refractivity contribution is 7.10. The normalized spacial score (nSPS) is 32.8. The molecular formula is C17H27NS. The topological polar surface area (TPSA) is 12.0 Å². The maximum atomic E-state index is 3.62. The van der Waals surface area contributed by atoms with Crippen molar-refractivity contribution in [1.82, 2.24) is 5.32 Å². The van der Waals surface area contributed by atoms with Gasteiger partial charge in [0.2, 0.25) is 0 Å². The second-order valence-corrected chi connectivity index (χ2v) is 7.70. The number of rotatable bonds is 3. The van der Waals surface area contributed by atoms with Crippen molar-refractivity contribution in [2.75, 3.05) is 7.05 Å². The van der Waals surface area contributed by atoms with Crippen LogP contribution in [0.25, 0.3) is 0 Å². The Kier molecular flexibility index (Phi) is 4.28. The minimum atomic E-state index is 0.592. The van der Waals surface area contributed by atoms with E-state index >= 15 is 0 Å². The van der Waals surface area contributed by atoms with Gasteiger partial charge in [0, 0.05) is 10.9 Å². The van der Waals surface area contributed by atoms with E-state index in [1.165, 1.54) is 49.8 Å². The lowest BCUT2D eigenvalue weighted by Crippen LogP contribution is -2.34. The fraction of sp³-hybridized carbons (Fsp3) is 0.765. The van der Waals surface area contributed by atoms with Crippen molar-refractivity contribution in [3.63, 3.8) is 0 Å². The van der Waals surface area contributed by atoms with Gasteiger partial charge >= 0.3 is 0 Å². The summed E-state index contributed by atoms with van der Waals surface area (Å²) in [5.74, 6) is 2.95. The van der Waals surface area contributed by atoms with Gasteiger partial charge in [0.05, 0.1) is 0 Å². The highest BCUT2D eigenvalue weighted by Gasteiger charge is 2.35. The molecule has 4 atom stereocenters. The lowest BCUT2D eigenvalue weighted by molar-refractivity contribution is 0.111. The second-order valence-electron chi connectivity index (χ2n) is 6.58. The third kappa shape index (κ3) is 2.75. The SMILES string of the molecule is CNC(c1ccsc1C)C1CCC2CCCCC2C1. The molecule has 0 saturated heterocycles. The van der Waals surface area contributed by atoms with Crippen LogP contribution in [0.15, 0.2) is 11.4 Å². The standard InChI is InChI=1S/C17H27NS/c1-12-16(9-10-19-12)17(18-2)15-8-7-13-5-3-4-6-14(13)11-15/h9-10,13-15,17-18H,3-8,11H2,1-2H3. The van der Waals surface area contributed by atoms with E-state index in [0.717, 1.165) is 17.8 Å². The number of nitrogens with one attached hydrogen (secondary N) is 1. The molecule has 1 aromatic rings. The molecule has 2 aliphatic carbocycles. The third-order valence-electron chi connectivity index (χ3n) is 5.60. The van der Waals surface area contributed by atoms with Crippen LogP contribution in [-0.2, 0) is 0 Å². The van der Waals surface area contributed by atoms with Crippen molar-refractivity contribution in [3.05, 3.63) is 21.9 Å². The Morgan fingerprint density at radius 2 is 1.95 bits per heavy atom. The van der Waals surface area contributed by atoms with Gasteiger partial charge in [-0.05, 0) is 68.0 Å². The quantitative estimate of drug-likeness (QED) is 0.826. The van der Waals surface area contributed by atoms with Crippen LogP contribution in [0.2, 0.25) is 0 Å². The van der Waals surface area contributed by atoms with E-state index < -0.39 is 0 Å². The molecule has 3 rings (SSSR count). The summed E-state index contributed by atoms with van der Waals surface area (Å²) in [5, 5.41) is 5.87. The Labute approximate surface area is 121 Å². The summed E-state index contributed by atoms with van der Waals surface area (Å²) in [4.78, 5) is 1.50. The van der Waals surface area contributed by atoms with Crippen LogP contribution in [-0.4, -0.2) is 7.05 Å². The molecule has 0 spiro atoms. The first kappa shape index (κ1) is 13.6. The molecule has 2 saturated carbocycles. The minimum Gasteiger partial charge on any atom is -0.313 e. The molecule has 4 unspecified atom stereocenters. The first-order valence-corrected chi connectivity index (χ1v) is 8.88. The van der Waals surface area contributed by atoms with E-state index in [0.29, 0.717) is 6.04 Å². The average molecular weight is 277 g/mol. The van der Waals surface area contributed by atoms with Crippen LogP contribution < -0.4 is 5.32 Å². The van der Waals surface area contributed by atoms with Crippen molar-refractivity contribution in [2.24, 2.45) is 17.8 Å². The van der Waals surface area contributed by atoms with E-state index in [-0.39, 0.29) is 0 Å². The monoisotopic (exact) mass is 277 g/mol. The van der Waals surface area contributed by atoms with Crippen molar-refractivity contribution in [1.29, 1.82) is 0 Å². The number of thiophene rings is 1. The van der Waals surface area contributed by atoms with Gasteiger partial charge in [0.1, 0.15) is 0 Å². The first-order valence-electron chi connectivity index (χ1n) is 8.01. The summed E-state index contributed by atoms with van der Waals surface area (Å²) in [6, 6.07) is 2.93. The summed E-state index contributed by atoms with van der Waals surface area (Å²) in [5.41, 5.74) is 1.56. The number of fused-ring (bicyclic) bond motifs is 1. The van der Waals surface area contributed by atoms with Gasteiger partial charge in [-0.2, -0.15) is 0 Å². The average Bonchev–Trinajstić information content (AvgIpc) is 2.86. The molecule has 0 radical (unpaired) electrons. The number of aryl methyl sites for hydroxylation is 1. The lowest BCUT2D eigenvalue weighted by atomic mass is 9.65. The molecule has 0 bridgehead atoms. The van der Waals surface area contributed by atoms with Crippen molar-refractivity contribution in [2.45, 2.75) is 57.9 Å². The zero-order valence-corrected chi connectivity index (χ0v) is 13.1. The summed E-state index contributed by atoms with van der Waals surface area (Å²) >= 11 is 1.89. The zero-order valence-electron chi connectivity index (χ0n) is 12.3. The molecule has 1 aromatic heterocycles. The molecule has 0 aliphatic heterocycles. The van der Waals surface area contributed by atoms with Crippen LogP contribution in [0.5, 0.6) is 0 Å². The Morgan fingerprint density at radius 1 is 1.16 bits per heavy atom. The minimum absolute atomic E-state index is 0.592. The smallest absolute Gasteiger partial charge is 0.0357 e. The second kappa shape index (κ2) is 5.97. The van der Waals surface area contributed by atoms with Gasteiger partial charge < -0.3 is 5.32 Å². The first-order chi connectivity index (χ1) is 9.29. The molecular weight excluding hydrogens is 250 g/mol. The summed E-state index contributed by atoms with van der Waals surface area (Å²) in [6.07, 6.45) is 10.4. The number of hydrogen-bond donors (Lipinski definition) is 1. The number of hydrogen-bond acceptors (Lipinski definition) is 2. The highest BCUT2D eigenvalue weighted by Crippen LogP contribution is 2.46. The highest BCUT2D eigenvalue weighted by atomic mass is 32.1. The molecule has 1 heterocycles. The molecule has 0 amide bonds. The van der Waals surface area contributed by atoms with E-state index in [9.17, 15) is 0 Å². The molecule has 2 heteroatoms. The van der Waals surface area contributed by atoms with Gasteiger partial charge in [-0.1, -0.05) is 25.7 Å². The fourth-order valence-corrected chi connectivity index (χ4v) is 5.32. The van der Waals surface area contributed by atoms with Gasteiger partial charge in [0.25, 0.3) is 0 Å². The van der Waals surface area contributed by atoms with E-state index in [1.54, 1.807) is 5.56 Å². The maximum absolute atomic E-state index is 3.62. The van der Waals surface area contributed by atoms with Gasteiger partial charge in [-0.25, -0.2) is 0 Å². The largest absolute Gasteiger partial charge is 0.313 e. The summed E-state index contributed by atoms with van der Waals surface area (Å²) in [6.45, 7) is 2.27. The predicted molar refractivity (Wildman–Crippen MR) is 83.6 cm³/mol. The van der Waals surface area contributed by atoms with Gasteiger partial charge in [-0.3, -0.25) is 0 Å². The van der Waals surface area contributed by atoms with Crippen molar-refractivity contribution >= 4 is 11.3 Å². The van der Waals surface area contributed by atoms with Crippen LogP contribution >= 0.6 is 11.3 Å². The molecule has 1 N–H and O–H groups in total. The summed E-state index contributed by atoms with van der Waals surface area (Å²) < 4.78 is 0. The zero-order chi connectivity index (χ0) is 13.2. The van der Waals surface area contributed by atoms with E-state index in [4.69, 9.17) is 0 Å². The molecule has 1 nitrogen and oxygen atoms in total. The van der Waals surface area contributed by atoms with Crippen molar-refractivity contribution in [3.8, 4) is 0 Å². The van der Waals surface area contributed by atoms with Crippen LogP contribution in [0.1, 0.15) is 61.4 Å². The van der Waals surface area contributed by atoms with E-state index in [2.05, 4.69) is 30.7 Å². The fourth-order valence-electron chi connectivity index (χ4n) is 4.57. The van der Waals surface area contributed by atoms with Crippen LogP contribution in [0.4, 0.5) is 0 Å². The Morgan fingerprint density at radius 3 is 2.63 bits per heavy atom. The van der Waals surface area contributed by atoms with Gasteiger partial charge in [-0.15, -0.1) is 11.3 Å². The molecule has 106 valence electrons. The molecule has 2 fully saturated rings. The van der Waals surface area contributed by atoms with Crippen molar-refractivity contribution < 1.29 is 0 Å². The molecule has 0 aromatic carbocycles. The van der Waals surface area contributed by atoms with Crippen LogP contribution in [0.3, 0.4) is 0 Å². The molecule has 2 aliphatic rings. The lowest BCUT2D eigenvalue weighted by Gasteiger charge is -2.42.